The summed E-state index contributed by atoms with van der Waals surface area (Å²) in [7, 11) is 1.80. The van der Waals surface area contributed by atoms with Crippen LogP contribution in [0, 0.1) is 0 Å². The normalized spacial score (nSPS) is 10.4. The van der Waals surface area contributed by atoms with E-state index in [-0.39, 0.29) is 5.91 Å². The lowest BCUT2D eigenvalue weighted by Gasteiger charge is -2.20. The zero-order valence-corrected chi connectivity index (χ0v) is 10.6. The molecule has 0 aliphatic carbocycles. The standard InChI is InChI=1S/C11H18ClN3O/c1-3-4-7-15(9-6-12)11(16)10-5-8-14(2)13-10/h5,8H,3-4,6-7,9H2,1-2H3. The summed E-state index contributed by atoms with van der Waals surface area (Å²) in [4.78, 5) is 13.8. The van der Waals surface area contributed by atoms with Crippen molar-refractivity contribution in [3.05, 3.63) is 18.0 Å². The Morgan fingerprint density at radius 3 is 2.81 bits per heavy atom. The minimum Gasteiger partial charge on any atom is -0.336 e. The molecule has 16 heavy (non-hydrogen) atoms. The molecule has 0 saturated heterocycles. The Hall–Kier alpha value is -1.03. The number of hydrogen-bond donors (Lipinski definition) is 0. The van der Waals surface area contributed by atoms with Gasteiger partial charge in [0.25, 0.3) is 5.91 Å². The third-order valence-electron chi connectivity index (χ3n) is 2.36. The monoisotopic (exact) mass is 243 g/mol. The summed E-state index contributed by atoms with van der Waals surface area (Å²) in [5.74, 6) is 0.428. The van der Waals surface area contributed by atoms with Gasteiger partial charge in [-0.05, 0) is 12.5 Å². The fourth-order valence-corrected chi connectivity index (χ4v) is 1.66. The van der Waals surface area contributed by atoms with E-state index in [9.17, 15) is 4.79 Å². The van der Waals surface area contributed by atoms with Crippen LogP contribution in [0.5, 0.6) is 0 Å². The molecule has 0 radical (unpaired) electrons. The minimum atomic E-state index is -0.0327. The Kier molecular flexibility index (Phi) is 5.32. The number of alkyl halides is 1. The van der Waals surface area contributed by atoms with E-state index in [2.05, 4.69) is 12.0 Å². The number of carbonyl (C=O) groups is 1. The topological polar surface area (TPSA) is 38.1 Å². The number of amides is 1. The molecule has 0 bridgehead atoms. The van der Waals surface area contributed by atoms with Crippen LogP contribution in [0.15, 0.2) is 12.3 Å². The second kappa shape index (κ2) is 6.53. The van der Waals surface area contributed by atoms with E-state index in [1.807, 2.05) is 0 Å². The summed E-state index contributed by atoms with van der Waals surface area (Å²) in [5.41, 5.74) is 0.490. The number of carbonyl (C=O) groups excluding carboxylic acids is 1. The van der Waals surface area contributed by atoms with Gasteiger partial charge in [-0.1, -0.05) is 13.3 Å². The van der Waals surface area contributed by atoms with Crippen molar-refractivity contribution < 1.29 is 4.79 Å². The summed E-state index contributed by atoms with van der Waals surface area (Å²) in [6.45, 7) is 3.43. The van der Waals surface area contributed by atoms with Gasteiger partial charge in [-0.3, -0.25) is 9.48 Å². The third-order valence-corrected chi connectivity index (χ3v) is 2.52. The number of aryl methyl sites for hydroxylation is 1. The first kappa shape index (κ1) is 13.0. The molecule has 0 spiro atoms. The third kappa shape index (κ3) is 3.52. The largest absolute Gasteiger partial charge is 0.336 e. The second-order valence-electron chi connectivity index (χ2n) is 3.71. The predicted molar refractivity (Wildman–Crippen MR) is 64.7 cm³/mol. The number of hydrogen-bond acceptors (Lipinski definition) is 2. The molecule has 0 atom stereocenters. The Morgan fingerprint density at radius 1 is 1.56 bits per heavy atom. The molecule has 1 aromatic rings. The lowest BCUT2D eigenvalue weighted by Crippen LogP contribution is -2.34. The molecule has 0 N–H and O–H groups in total. The first-order valence-corrected chi connectivity index (χ1v) is 6.07. The highest BCUT2D eigenvalue weighted by Gasteiger charge is 2.16. The fourth-order valence-electron chi connectivity index (χ4n) is 1.46. The van der Waals surface area contributed by atoms with Crippen LogP contribution in [0.1, 0.15) is 30.3 Å². The summed E-state index contributed by atoms with van der Waals surface area (Å²) in [6, 6.07) is 1.73. The molecule has 1 heterocycles. The van der Waals surface area contributed by atoms with Crippen LogP contribution in [0.3, 0.4) is 0 Å². The van der Waals surface area contributed by atoms with Crippen molar-refractivity contribution in [3.63, 3.8) is 0 Å². The first-order valence-electron chi connectivity index (χ1n) is 5.54. The number of rotatable bonds is 6. The van der Waals surface area contributed by atoms with Crippen molar-refractivity contribution in [2.45, 2.75) is 19.8 Å². The smallest absolute Gasteiger partial charge is 0.274 e. The quantitative estimate of drug-likeness (QED) is 0.716. The zero-order valence-electron chi connectivity index (χ0n) is 9.82. The van der Waals surface area contributed by atoms with E-state index in [0.717, 1.165) is 19.4 Å². The Labute approximate surface area is 101 Å². The minimum absolute atomic E-state index is 0.0327. The number of halogens is 1. The average molecular weight is 244 g/mol. The van der Waals surface area contributed by atoms with Gasteiger partial charge in [0.2, 0.25) is 0 Å². The van der Waals surface area contributed by atoms with Gasteiger partial charge in [0, 0.05) is 32.2 Å². The van der Waals surface area contributed by atoms with Gasteiger partial charge in [-0.15, -0.1) is 11.6 Å². The SMILES string of the molecule is CCCCN(CCCl)C(=O)c1ccn(C)n1. The molecule has 1 rings (SSSR count). The maximum atomic E-state index is 12.0. The van der Waals surface area contributed by atoms with Gasteiger partial charge < -0.3 is 4.90 Å². The lowest BCUT2D eigenvalue weighted by atomic mass is 10.3. The van der Waals surface area contributed by atoms with Gasteiger partial charge in [0.1, 0.15) is 5.69 Å². The van der Waals surface area contributed by atoms with Gasteiger partial charge >= 0.3 is 0 Å². The van der Waals surface area contributed by atoms with Crippen molar-refractivity contribution in [2.24, 2.45) is 7.05 Å². The van der Waals surface area contributed by atoms with E-state index in [4.69, 9.17) is 11.6 Å². The van der Waals surface area contributed by atoms with E-state index in [0.29, 0.717) is 18.1 Å². The fraction of sp³-hybridized carbons (Fsp3) is 0.636. The van der Waals surface area contributed by atoms with Gasteiger partial charge in [0.05, 0.1) is 0 Å². The Bertz CT molecular complexity index is 338. The molecule has 0 fully saturated rings. The highest BCUT2D eigenvalue weighted by atomic mass is 35.5. The molecule has 90 valence electrons. The highest BCUT2D eigenvalue weighted by Crippen LogP contribution is 2.04. The van der Waals surface area contributed by atoms with Crippen molar-refractivity contribution in [1.29, 1.82) is 0 Å². The summed E-state index contributed by atoms with van der Waals surface area (Å²) in [6.07, 6.45) is 3.83. The van der Waals surface area contributed by atoms with Gasteiger partial charge in [0.15, 0.2) is 0 Å². The molecular weight excluding hydrogens is 226 g/mol. The Balaban J connectivity index is 2.66. The number of aromatic nitrogens is 2. The van der Waals surface area contributed by atoms with Crippen LogP contribution >= 0.6 is 11.6 Å². The van der Waals surface area contributed by atoms with Gasteiger partial charge in [-0.2, -0.15) is 5.10 Å². The molecule has 0 saturated carbocycles. The molecule has 0 aromatic carbocycles. The lowest BCUT2D eigenvalue weighted by molar-refractivity contribution is 0.0756. The van der Waals surface area contributed by atoms with Crippen LogP contribution in [0.25, 0.3) is 0 Å². The van der Waals surface area contributed by atoms with Crippen molar-refractivity contribution >= 4 is 17.5 Å². The average Bonchev–Trinajstić information content (AvgIpc) is 2.70. The predicted octanol–water partition coefficient (Wildman–Crippen LogP) is 1.90. The molecule has 1 amide bonds. The highest BCUT2D eigenvalue weighted by molar-refractivity contribution is 6.18. The summed E-state index contributed by atoms with van der Waals surface area (Å²) in [5, 5.41) is 4.10. The van der Waals surface area contributed by atoms with Crippen LogP contribution in [0.2, 0.25) is 0 Å². The maximum Gasteiger partial charge on any atom is 0.274 e. The van der Waals surface area contributed by atoms with Crippen LogP contribution in [-0.2, 0) is 7.05 Å². The van der Waals surface area contributed by atoms with Crippen LogP contribution < -0.4 is 0 Å². The van der Waals surface area contributed by atoms with Crippen LogP contribution in [-0.4, -0.2) is 39.6 Å². The van der Waals surface area contributed by atoms with E-state index >= 15 is 0 Å². The molecule has 4 nitrogen and oxygen atoms in total. The molecule has 0 unspecified atom stereocenters. The summed E-state index contributed by atoms with van der Waals surface area (Å²) >= 11 is 5.69. The zero-order chi connectivity index (χ0) is 12.0. The maximum absolute atomic E-state index is 12.0. The summed E-state index contributed by atoms with van der Waals surface area (Å²) < 4.78 is 1.63. The first-order chi connectivity index (χ1) is 7.69. The molecule has 0 aliphatic heterocycles. The Morgan fingerprint density at radius 2 is 2.31 bits per heavy atom. The molecule has 5 heteroatoms. The van der Waals surface area contributed by atoms with Crippen molar-refractivity contribution in [1.82, 2.24) is 14.7 Å². The number of nitrogens with zero attached hydrogens (tertiary/aromatic N) is 3. The van der Waals surface area contributed by atoms with Crippen molar-refractivity contribution in [2.75, 3.05) is 19.0 Å². The van der Waals surface area contributed by atoms with E-state index in [1.165, 1.54) is 0 Å². The molecule has 0 aliphatic rings. The second-order valence-corrected chi connectivity index (χ2v) is 4.09. The van der Waals surface area contributed by atoms with Crippen molar-refractivity contribution in [3.8, 4) is 0 Å². The molecule has 1 aromatic heterocycles. The van der Waals surface area contributed by atoms with Crippen LogP contribution in [0.4, 0.5) is 0 Å². The number of unbranched alkanes of at least 4 members (excludes halogenated alkanes) is 1. The van der Waals surface area contributed by atoms with E-state index in [1.54, 1.807) is 28.9 Å². The van der Waals surface area contributed by atoms with E-state index < -0.39 is 0 Å². The van der Waals surface area contributed by atoms with Gasteiger partial charge in [-0.25, -0.2) is 0 Å². The molecular formula is C11H18ClN3O.